The molecule has 0 fully saturated rings. The van der Waals surface area contributed by atoms with Gasteiger partial charge in [0.25, 0.3) is 0 Å². The summed E-state index contributed by atoms with van der Waals surface area (Å²) in [5, 5.41) is 2.74. The number of nitrogens with two attached hydrogens (primary N) is 2. The van der Waals surface area contributed by atoms with Gasteiger partial charge in [0.1, 0.15) is 0 Å². The first-order chi connectivity index (χ1) is 7.16. The fraction of sp³-hybridized carbons (Fsp3) is 0.800. The van der Waals surface area contributed by atoms with E-state index in [0.29, 0.717) is 6.54 Å². The van der Waals surface area contributed by atoms with Crippen molar-refractivity contribution in [3.05, 3.63) is 0 Å². The Labute approximate surface area is 90.6 Å². The Morgan fingerprint density at radius 1 is 1.00 bits per heavy atom. The molecule has 0 saturated carbocycles. The van der Waals surface area contributed by atoms with Crippen LogP contribution in [0.1, 0.15) is 38.5 Å². The number of amides is 2. The molecule has 0 unspecified atom stereocenters. The highest BCUT2D eigenvalue weighted by atomic mass is 16.2. The Hall–Kier alpha value is -1.10. The van der Waals surface area contributed by atoms with Gasteiger partial charge in [0.05, 0.1) is 0 Å². The molecule has 0 radical (unpaired) electrons. The van der Waals surface area contributed by atoms with E-state index in [1.807, 2.05) is 0 Å². The first-order valence-corrected chi connectivity index (χ1v) is 5.42. The molecule has 5 heteroatoms. The van der Waals surface area contributed by atoms with E-state index in [0.717, 1.165) is 32.2 Å². The molecule has 0 bridgehead atoms. The zero-order valence-electron chi connectivity index (χ0n) is 9.13. The normalized spacial score (nSPS) is 9.93. The molecule has 0 aliphatic heterocycles. The second-order valence-electron chi connectivity index (χ2n) is 3.52. The second-order valence-corrected chi connectivity index (χ2v) is 3.52. The molecular weight excluding hydrogens is 194 g/mol. The molecule has 88 valence electrons. The lowest BCUT2D eigenvalue weighted by atomic mass is 10.2. The molecule has 0 heterocycles. The highest BCUT2D eigenvalue weighted by molar-refractivity contribution is 5.82. The van der Waals surface area contributed by atoms with Gasteiger partial charge >= 0.3 is 0 Å². The van der Waals surface area contributed by atoms with Crippen molar-refractivity contribution in [1.29, 1.82) is 0 Å². The molecule has 0 aromatic heterocycles. The van der Waals surface area contributed by atoms with Crippen molar-refractivity contribution in [3.8, 4) is 0 Å². The van der Waals surface area contributed by atoms with Crippen molar-refractivity contribution in [3.63, 3.8) is 0 Å². The van der Waals surface area contributed by atoms with Gasteiger partial charge in [0.15, 0.2) is 0 Å². The van der Waals surface area contributed by atoms with E-state index in [-0.39, 0.29) is 18.7 Å². The van der Waals surface area contributed by atoms with Crippen LogP contribution in [0.15, 0.2) is 0 Å². The number of hydrogen-bond acceptors (Lipinski definition) is 3. The van der Waals surface area contributed by atoms with Gasteiger partial charge in [-0.05, 0) is 19.4 Å². The predicted molar refractivity (Wildman–Crippen MR) is 59.0 cm³/mol. The Morgan fingerprint density at radius 3 is 2.27 bits per heavy atom. The van der Waals surface area contributed by atoms with E-state index < -0.39 is 5.91 Å². The molecule has 0 aliphatic rings. The zero-order chi connectivity index (χ0) is 11.5. The van der Waals surface area contributed by atoms with E-state index in [2.05, 4.69) is 5.32 Å². The number of unbranched alkanes of at least 4 members (excludes halogenated alkanes) is 3. The van der Waals surface area contributed by atoms with Crippen molar-refractivity contribution in [2.45, 2.75) is 38.5 Å². The summed E-state index contributed by atoms with van der Waals surface area (Å²) < 4.78 is 0. The van der Waals surface area contributed by atoms with Crippen LogP contribution in [0.25, 0.3) is 0 Å². The lowest BCUT2D eigenvalue weighted by molar-refractivity contribution is -0.125. The summed E-state index contributed by atoms with van der Waals surface area (Å²) in [4.78, 5) is 21.5. The highest BCUT2D eigenvalue weighted by Gasteiger charge is 2.02. The van der Waals surface area contributed by atoms with E-state index in [4.69, 9.17) is 11.5 Å². The summed E-state index contributed by atoms with van der Waals surface area (Å²) in [7, 11) is 0. The summed E-state index contributed by atoms with van der Waals surface area (Å²) >= 11 is 0. The van der Waals surface area contributed by atoms with Crippen molar-refractivity contribution in [2.75, 3.05) is 13.1 Å². The highest BCUT2D eigenvalue weighted by Crippen LogP contribution is 1.97. The molecule has 0 aromatic rings. The molecule has 15 heavy (non-hydrogen) atoms. The Bertz CT molecular complexity index is 195. The molecular formula is C10H21N3O2. The molecule has 2 amide bonds. The summed E-state index contributed by atoms with van der Waals surface area (Å²) in [6, 6.07) is 0. The van der Waals surface area contributed by atoms with Crippen molar-refractivity contribution >= 4 is 11.8 Å². The fourth-order valence-corrected chi connectivity index (χ4v) is 1.18. The van der Waals surface area contributed by atoms with Gasteiger partial charge in [0.2, 0.25) is 11.8 Å². The Morgan fingerprint density at radius 2 is 1.67 bits per heavy atom. The third-order valence-corrected chi connectivity index (χ3v) is 2.05. The zero-order valence-corrected chi connectivity index (χ0v) is 9.13. The Kier molecular flexibility index (Phi) is 8.76. The molecule has 5 N–H and O–H groups in total. The van der Waals surface area contributed by atoms with Gasteiger partial charge in [0, 0.05) is 19.4 Å². The minimum Gasteiger partial charge on any atom is -0.370 e. The smallest absolute Gasteiger partial charge is 0.220 e. The van der Waals surface area contributed by atoms with Crippen molar-refractivity contribution in [2.24, 2.45) is 11.5 Å². The molecule has 0 rings (SSSR count). The average molecular weight is 215 g/mol. The number of carbonyl (C=O) groups excluding carboxylic acids is 2. The first-order valence-electron chi connectivity index (χ1n) is 5.42. The van der Waals surface area contributed by atoms with E-state index >= 15 is 0 Å². The van der Waals surface area contributed by atoms with Crippen molar-refractivity contribution < 1.29 is 9.59 Å². The number of carbonyl (C=O) groups is 2. The Balaban J connectivity index is 3.20. The van der Waals surface area contributed by atoms with Crippen LogP contribution >= 0.6 is 0 Å². The summed E-state index contributed by atoms with van der Waals surface area (Å²) in [6.45, 7) is 1.40. The van der Waals surface area contributed by atoms with Gasteiger partial charge in [-0.25, -0.2) is 0 Å². The summed E-state index contributed by atoms with van der Waals surface area (Å²) in [5.74, 6) is -0.541. The van der Waals surface area contributed by atoms with Gasteiger partial charge in [-0.2, -0.15) is 0 Å². The van der Waals surface area contributed by atoms with Crippen LogP contribution in [-0.4, -0.2) is 24.9 Å². The van der Waals surface area contributed by atoms with Gasteiger partial charge in [-0.3, -0.25) is 9.59 Å². The second kappa shape index (κ2) is 9.45. The predicted octanol–water partition coefficient (Wildman–Crippen LogP) is -0.113. The molecule has 0 spiro atoms. The summed E-state index contributed by atoms with van der Waals surface area (Å²) in [5.41, 5.74) is 10.3. The SMILES string of the molecule is NCCCCCCNC(=O)CCC(N)=O. The largest absolute Gasteiger partial charge is 0.370 e. The molecule has 5 nitrogen and oxygen atoms in total. The number of primary amides is 1. The van der Waals surface area contributed by atoms with Crippen LogP contribution in [0.3, 0.4) is 0 Å². The molecule has 0 atom stereocenters. The maximum absolute atomic E-state index is 11.1. The maximum Gasteiger partial charge on any atom is 0.220 e. The first kappa shape index (κ1) is 13.9. The van der Waals surface area contributed by atoms with Crippen LogP contribution in [0, 0.1) is 0 Å². The topological polar surface area (TPSA) is 98.2 Å². The molecule has 0 aromatic carbocycles. The standard InChI is InChI=1S/C10H21N3O2/c11-7-3-1-2-4-8-13-10(15)6-5-9(12)14/h1-8,11H2,(H2,12,14)(H,13,15). The summed E-state index contributed by atoms with van der Waals surface area (Å²) in [6.07, 6.45) is 4.50. The third kappa shape index (κ3) is 10.8. The number of rotatable bonds is 9. The minimum absolute atomic E-state index is 0.104. The van der Waals surface area contributed by atoms with Gasteiger partial charge in [-0.1, -0.05) is 12.8 Å². The minimum atomic E-state index is -0.437. The van der Waals surface area contributed by atoms with Crippen LogP contribution < -0.4 is 16.8 Å². The molecule has 0 aliphatic carbocycles. The monoisotopic (exact) mass is 215 g/mol. The van der Waals surface area contributed by atoms with E-state index in [9.17, 15) is 9.59 Å². The lowest BCUT2D eigenvalue weighted by Gasteiger charge is -2.03. The van der Waals surface area contributed by atoms with Crippen LogP contribution in [0.2, 0.25) is 0 Å². The average Bonchev–Trinajstić information content (AvgIpc) is 2.20. The lowest BCUT2D eigenvalue weighted by Crippen LogP contribution is -2.25. The van der Waals surface area contributed by atoms with Gasteiger partial charge in [-0.15, -0.1) is 0 Å². The van der Waals surface area contributed by atoms with Crippen LogP contribution in [0.4, 0.5) is 0 Å². The maximum atomic E-state index is 11.1. The number of hydrogen-bond donors (Lipinski definition) is 3. The van der Waals surface area contributed by atoms with Gasteiger partial charge < -0.3 is 16.8 Å². The van der Waals surface area contributed by atoms with Crippen LogP contribution in [-0.2, 0) is 9.59 Å². The van der Waals surface area contributed by atoms with Crippen LogP contribution in [0.5, 0.6) is 0 Å². The van der Waals surface area contributed by atoms with Crippen molar-refractivity contribution in [1.82, 2.24) is 5.32 Å². The van der Waals surface area contributed by atoms with E-state index in [1.165, 1.54) is 0 Å². The fourth-order valence-electron chi connectivity index (χ4n) is 1.18. The number of nitrogens with one attached hydrogen (secondary N) is 1. The molecule has 0 saturated heterocycles. The third-order valence-electron chi connectivity index (χ3n) is 2.05. The van der Waals surface area contributed by atoms with E-state index in [1.54, 1.807) is 0 Å². The quantitative estimate of drug-likeness (QED) is 0.468.